The van der Waals surface area contributed by atoms with Crippen molar-refractivity contribution in [1.82, 2.24) is 25.0 Å². The Morgan fingerprint density at radius 2 is 1.90 bits per heavy atom. The first-order valence-corrected chi connectivity index (χ1v) is 6.20. The van der Waals surface area contributed by atoms with Crippen molar-refractivity contribution in [3.05, 3.63) is 60.2 Å². The molecule has 20 heavy (non-hydrogen) atoms. The molecular weight excluding hydrogens is 254 g/mol. The molecule has 0 radical (unpaired) electrons. The van der Waals surface area contributed by atoms with Crippen molar-refractivity contribution in [1.29, 1.82) is 0 Å². The number of aromatic nitrogens is 5. The summed E-state index contributed by atoms with van der Waals surface area (Å²) in [5.41, 5.74) is 2.86. The van der Waals surface area contributed by atoms with Crippen LogP contribution in [0.5, 0.6) is 6.01 Å². The summed E-state index contributed by atoms with van der Waals surface area (Å²) in [6, 6.07) is 10.1. The number of hydrogen-bond donors (Lipinski definition) is 0. The summed E-state index contributed by atoms with van der Waals surface area (Å²) in [6.07, 6.45) is 5.10. The lowest BCUT2D eigenvalue weighted by molar-refractivity contribution is 0.276. The fourth-order valence-electron chi connectivity index (χ4n) is 1.80. The standard InChI is InChI=1S/C14H13N5O/c1-11-5-2-3-6-13(11)19-9-12(17-18-19)10-20-14-15-7-4-8-16-14/h2-9H,10H2,1H3. The Balaban J connectivity index is 1.73. The van der Waals surface area contributed by atoms with Gasteiger partial charge in [0.25, 0.3) is 0 Å². The van der Waals surface area contributed by atoms with Gasteiger partial charge in [-0.05, 0) is 24.6 Å². The van der Waals surface area contributed by atoms with E-state index in [0.29, 0.717) is 6.01 Å². The minimum Gasteiger partial charge on any atom is -0.457 e. The van der Waals surface area contributed by atoms with Crippen molar-refractivity contribution in [3.63, 3.8) is 0 Å². The van der Waals surface area contributed by atoms with Gasteiger partial charge in [0.15, 0.2) is 0 Å². The van der Waals surface area contributed by atoms with E-state index in [1.807, 2.05) is 37.4 Å². The molecule has 0 amide bonds. The van der Waals surface area contributed by atoms with Crippen molar-refractivity contribution < 1.29 is 4.74 Å². The predicted octanol–water partition coefficient (Wildman–Crippen LogP) is 1.94. The third kappa shape index (κ3) is 2.64. The van der Waals surface area contributed by atoms with E-state index in [0.717, 1.165) is 16.9 Å². The molecule has 6 heteroatoms. The molecule has 2 heterocycles. The minimum atomic E-state index is 0.288. The quantitative estimate of drug-likeness (QED) is 0.722. The van der Waals surface area contributed by atoms with Gasteiger partial charge in [-0.25, -0.2) is 14.6 Å². The van der Waals surface area contributed by atoms with Crippen LogP contribution in [0.4, 0.5) is 0 Å². The second-order valence-electron chi connectivity index (χ2n) is 4.26. The molecule has 0 aliphatic heterocycles. The summed E-state index contributed by atoms with van der Waals surface area (Å²) in [6.45, 7) is 2.32. The molecule has 3 aromatic rings. The van der Waals surface area contributed by atoms with E-state index in [9.17, 15) is 0 Å². The van der Waals surface area contributed by atoms with Crippen LogP contribution in [0.1, 0.15) is 11.3 Å². The summed E-state index contributed by atoms with van der Waals surface area (Å²) in [7, 11) is 0. The van der Waals surface area contributed by atoms with Gasteiger partial charge in [-0.2, -0.15) is 0 Å². The van der Waals surface area contributed by atoms with Crippen LogP contribution in [-0.2, 0) is 6.61 Å². The smallest absolute Gasteiger partial charge is 0.316 e. The van der Waals surface area contributed by atoms with Gasteiger partial charge in [0.1, 0.15) is 12.3 Å². The lowest BCUT2D eigenvalue weighted by Gasteiger charge is -2.03. The SMILES string of the molecule is Cc1ccccc1-n1cc(COc2ncccn2)nn1. The normalized spacial score (nSPS) is 10.4. The highest BCUT2D eigenvalue weighted by Crippen LogP contribution is 2.12. The zero-order valence-electron chi connectivity index (χ0n) is 11.0. The van der Waals surface area contributed by atoms with Gasteiger partial charge in [0.05, 0.1) is 11.9 Å². The van der Waals surface area contributed by atoms with E-state index in [1.165, 1.54) is 0 Å². The molecular formula is C14H13N5O. The van der Waals surface area contributed by atoms with E-state index in [-0.39, 0.29) is 6.61 Å². The van der Waals surface area contributed by atoms with Crippen molar-refractivity contribution in [3.8, 4) is 11.7 Å². The summed E-state index contributed by atoms with van der Waals surface area (Å²) in [5, 5.41) is 8.19. The molecule has 0 N–H and O–H groups in total. The zero-order valence-corrected chi connectivity index (χ0v) is 11.0. The van der Waals surface area contributed by atoms with Gasteiger partial charge >= 0.3 is 6.01 Å². The fourth-order valence-corrected chi connectivity index (χ4v) is 1.80. The number of para-hydroxylation sites is 1. The Morgan fingerprint density at radius 1 is 1.10 bits per heavy atom. The Labute approximate surface area is 116 Å². The van der Waals surface area contributed by atoms with Crippen LogP contribution in [0.2, 0.25) is 0 Å². The highest BCUT2D eigenvalue weighted by atomic mass is 16.5. The molecule has 6 nitrogen and oxygen atoms in total. The summed E-state index contributed by atoms with van der Waals surface area (Å²) < 4.78 is 7.17. The highest BCUT2D eigenvalue weighted by molar-refractivity contribution is 5.38. The molecule has 1 aromatic carbocycles. The van der Waals surface area contributed by atoms with Gasteiger partial charge < -0.3 is 4.74 Å². The summed E-state index contributed by atoms with van der Waals surface area (Å²) >= 11 is 0. The summed E-state index contributed by atoms with van der Waals surface area (Å²) in [4.78, 5) is 7.97. The Morgan fingerprint density at radius 3 is 2.70 bits per heavy atom. The lowest BCUT2D eigenvalue weighted by atomic mass is 10.2. The Kier molecular flexibility index (Phi) is 3.36. The largest absolute Gasteiger partial charge is 0.457 e. The van der Waals surface area contributed by atoms with Crippen LogP contribution in [-0.4, -0.2) is 25.0 Å². The maximum absolute atomic E-state index is 5.43. The average Bonchev–Trinajstić information content (AvgIpc) is 2.95. The van der Waals surface area contributed by atoms with Crippen LogP contribution in [0.25, 0.3) is 5.69 Å². The number of hydrogen-bond acceptors (Lipinski definition) is 5. The van der Waals surface area contributed by atoms with Crippen LogP contribution < -0.4 is 4.74 Å². The van der Waals surface area contributed by atoms with Crippen molar-refractivity contribution in [2.75, 3.05) is 0 Å². The maximum Gasteiger partial charge on any atom is 0.316 e. The van der Waals surface area contributed by atoms with Crippen molar-refractivity contribution in [2.45, 2.75) is 13.5 Å². The van der Waals surface area contributed by atoms with E-state index in [1.54, 1.807) is 23.1 Å². The molecule has 0 aliphatic rings. The predicted molar refractivity (Wildman–Crippen MR) is 72.5 cm³/mol. The molecule has 0 atom stereocenters. The molecule has 0 fully saturated rings. The molecule has 0 saturated carbocycles. The maximum atomic E-state index is 5.43. The van der Waals surface area contributed by atoms with Gasteiger partial charge in [0, 0.05) is 12.4 Å². The van der Waals surface area contributed by atoms with E-state index in [2.05, 4.69) is 20.3 Å². The molecule has 0 saturated heterocycles. The van der Waals surface area contributed by atoms with Crippen molar-refractivity contribution in [2.24, 2.45) is 0 Å². The Hall–Kier alpha value is -2.76. The molecule has 2 aromatic heterocycles. The third-order valence-corrected chi connectivity index (χ3v) is 2.79. The first kappa shape index (κ1) is 12.3. The zero-order chi connectivity index (χ0) is 13.8. The number of nitrogens with zero attached hydrogens (tertiary/aromatic N) is 5. The van der Waals surface area contributed by atoms with Crippen LogP contribution >= 0.6 is 0 Å². The summed E-state index contributed by atoms with van der Waals surface area (Å²) in [5.74, 6) is 0. The second-order valence-corrected chi connectivity index (χ2v) is 4.26. The minimum absolute atomic E-state index is 0.288. The number of benzene rings is 1. The first-order chi connectivity index (χ1) is 9.83. The van der Waals surface area contributed by atoms with Gasteiger partial charge in [-0.1, -0.05) is 23.4 Å². The molecule has 0 aliphatic carbocycles. The van der Waals surface area contributed by atoms with Crippen LogP contribution in [0.3, 0.4) is 0 Å². The van der Waals surface area contributed by atoms with Crippen LogP contribution in [0, 0.1) is 6.92 Å². The molecule has 100 valence electrons. The number of rotatable bonds is 4. The average molecular weight is 267 g/mol. The third-order valence-electron chi connectivity index (χ3n) is 2.79. The lowest BCUT2D eigenvalue weighted by Crippen LogP contribution is -1.99. The first-order valence-electron chi connectivity index (χ1n) is 6.20. The van der Waals surface area contributed by atoms with E-state index >= 15 is 0 Å². The number of aryl methyl sites for hydroxylation is 1. The highest BCUT2D eigenvalue weighted by Gasteiger charge is 2.06. The second kappa shape index (κ2) is 5.48. The number of ether oxygens (including phenoxy) is 1. The van der Waals surface area contributed by atoms with Gasteiger partial charge in [-0.15, -0.1) is 5.10 Å². The molecule has 0 bridgehead atoms. The Bertz CT molecular complexity index is 696. The molecule has 3 rings (SSSR count). The molecule has 0 spiro atoms. The van der Waals surface area contributed by atoms with E-state index in [4.69, 9.17) is 4.74 Å². The van der Waals surface area contributed by atoms with E-state index < -0.39 is 0 Å². The van der Waals surface area contributed by atoms with Gasteiger partial charge in [0.2, 0.25) is 0 Å². The topological polar surface area (TPSA) is 65.7 Å². The monoisotopic (exact) mass is 267 g/mol. The van der Waals surface area contributed by atoms with Crippen LogP contribution in [0.15, 0.2) is 48.9 Å². The van der Waals surface area contributed by atoms with Gasteiger partial charge in [-0.3, -0.25) is 0 Å². The van der Waals surface area contributed by atoms with Crippen molar-refractivity contribution >= 4 is 0 Å². The molecule has 0 unspecified atom stereocenters. The fraction of sp³-hybridized carbons (Fsp3) is 0.143.